The average molecular weight is 470 g/mol. The van der Waals surface area contributed by atoms with E-state index in [4.69, 9.17) is 9.47 Å². The van der Waals surface area contributed by atoms with Gasteiger partial charge in [-0.25, -0.2) is 9.82 Å². The molecule has 0 aliphatic rings. The second-order valence-electron chi connectivity index (χ2n) is 5.64. The fraction of sp³-hybridized carbons (Fsp3) is 0.263. The van der Waals surface area contributed by atoms with Gasteiger partial charge in [0.25, 0.3) is 5.91 Å². The molecule has 0 bridgehead atoms. The molecule has 26 heavy (non-hydrogen) atoms. The number of amides is 1. The van der Waals surface area contributed by atoms with Gasteiger partial charge in [-0.05, 0) is 85.3 Å². The largest absolute Gasteiger partial charge is 0.490 e. The highest BCUT2D eigenvalue weighted by Crippen LogP contribution is 2.34. The summed E-state index contributed by atoms with van der Waals surface area (Å²) in [4.78, 5) is 12.0. The number of carbonyl (C=O) groups excluding carboxylic acids is 1. The van der Waals surface area contributed by atoms with Crippen LogP contribution in [0.25, 0.3) is 0 Å². The van der Waals surface area contributed by atoms with Crippen LogP contribution in [0.5, 0.6) is 11.5 Å². The van der Waals surface area contributed by atoms with E-state index < -0.39 is 11.7 Å². The van der Waals surface area contributed by atoms with Crippen molar-refractivity contribution in [2.45, 2.75) is 26.9 Å². The lowest BCUT2D eigenvalue weighted by molar-refractivity contribution is 0.0955. The lowest BCUT2D eigenvalue weighted by atomic mass is 10.2. The highest BCUT2D eigenvalue weighted by atomic mass is 127. The molecular formula is C19H20FIN2O3. The third-order valence-corrected chi connectivity index (χ3v) is 3.97. The Balaban J connectivity index is 2.14. The Hall–Kier alpha value is -2.16. The van der Waals surface area contributed by atoms with Crippen LogP contribution in [0.4, 0.5) is 4.39 Å². The molecule has 7 heteroatoms. The van der Waals surface area contributed by atoms with Crippen LogP contribution in [0.3, 0.4) is 0 Å². The Morgan fingerprint density at radius 2 is 2.00 bits per heavy atom. The van der Waals surface area contributed by atoms with E-state index in [0.717, 1.165) is 9.13 Å². The molecule has 0 radical (unpaired) electrons. The standard InChI is InChI=1S/C19H20FIN2O3/c1-4-25-17-10-13(9-16(21)18(17)26-12(2)3)11-22-23-19(24)14-5-7-15(20)8-6-14/h5-12H,4H2,1-3H3,(H,23,24)/b22-11-. The Labute approximate surface area is 165 Å². The highest BCUT2D eigenvalue weighted by Gasteiger charge is 2.13. The third-order valence-electron chi connectivity index (χ3n) is 3.17. The van der Waals surface area contributed by atoms with Gasteiger partial charge in [0.15, 0.2) is 11.5 Å². The minimum atomic E-state index is -0.416. The van der Waals surface area contributed by atoms with E-state index in [-0.39, 0.29) is 6.10 Å². The zero-order chi connectivity index (χ0) is 19.1. The van der Waals surface area contributed by atoms with Crippen molar-refractivity contribution in [3.63, 3.8) is 0 Å². The van der Waals surface area contributed by atoms with Gasteiger partial charge in [0.2, 0.25) is 0 Å². The highest BCUT2D eigenvalue weighted by molar-refractivity contribution is 14.1. The average Bonchev–Trinajstić information content (AvgIpc) is 2.58. The number of hydrogen-bond donors (Lipinski definition) is 1. The zero-order valence-corrected chi connectivity index (χ0v) is 16.9. The van der Waals surface area contributed by atoms with Crippen molar-refractivity contribution in [2.75, 3.05) is 6.61 Å². The quantitative estimate of drug-likeness (QED) is 0.371. The Morgan fingerprint density at radius 1 is 1.31 bits per heavy atom. The molecular weight excluding hydrogens is 450 g/mol. The van der Waals surface area contributed by atoms with Crippen molar-refractivity contribution < 1.29 is 18.7 Å². The van der Waals surface area contributed by atoms with E-state index in [0.29, 0.717) is 23.7 Å². The molecule has 0 atom stereocenters. The summed E-state index contributed by atoms with van der Waals surface area (Å²) in [6.45, 7) is 6.31. The lowest BCUT2D eigenvalue weighted by Gasteiger charge is -2.16. The number of ether oxygens (including phenoxy) is 2. The van der Waals surface area contributed by atoms with E-state index in [1.54, 1.807) is 6.07 Å². The Morgan fingerprint density at radius 3 is 2.62 bits per heavy atom. The SMILES string of the molecule is CCOc1cc(/C=N\NC(=O)c2ccc(F)cc2)cc(I)c1OC(C)C. The monoisotopic (exact) mass is 470 g/mol. The predicted molar refractivity (Wildman–Crippen MR) is 108 cm³/mol. The number of rotatable bonds is 7. The van der Waals surface area contributed by atoms with Gasteiger partial charge in [0.1, 0.15) is 5.82 Å². The second-order valence-corrected chi connectivity index (χ2v) is 6.80. The maximum absolute atomic E-state index is 12.9. The van der Waals surface area contributed by atoms with Crippen LogP contribution in [-0.2, 0) is 0 Å². The van der Waals surface area contributed by atoms with Crippen LogP contribution < -0.4 is 14.9 Å². The maximum Gasteiger partial charge on any atom is 0.271 e. The van der Waals surface area contributed by atoms with Crippen LogP contribution in [0.1, 0.15) is 36.7 Å². The maximum atomic E-state index is 12.9. The normalized spacial score (nSPS) is 11.0. The Bertz CT molecular complexity index is 792. The van der Waals surface area contributed by atoms with E-state index in [9.17, 15) is 9.18 Å². The molecule has 0 heterocycles. The topological polar surface area (TPSA) is 59.9 Å². The first kappa shape index (κ1) is 20.2. The molecule has 1 N–H and O–H groups in total. The smallest absolute Gasteiger partial charge is 0.271 e. The van der Waals surface area contributed by atoms with Gasteiger partial charge in [0.05, 0.1) is 22.5 Å². The predicted octanol–water partition coefficient (Wildman–Crippen LogP) is 4.38. The first-order valence-electron chi connectivity index (χ1n) is 8.12. The summed E-state index contributed by atoms with van der Waals surface area (Å²) in [5.41, 5.74) is 3.50. The molecule has 0 aliphatic heterocycles. The van der Waals surface area contributed by atoms with E-state index in [1.165, 1.54) is 30.5 Å². The van der Waals surface area contributed by atoms with Gasteiger partial charge in [-0.2, -0.15) is 5.10 Å². The van der Waals surface area contributed by atoms with Gasteiger partial charge < -0.3 is 9.47 Å². The fourth-order valence-corrected chi connectivity index (χ4v) is 2.86. The van der Waals surface area contributed by atoms with Crippen molar-refractivity contribution in [3.05, 3.63) is 56.9 Å². The van der Waals surface area contributed by atoms with Crippen LogP contribution in [0, 0.1) is 9.39 Å². The summed E-state index contributed by atoms with van der Waals surface area (Å²) < 4.78 is 25.2. The Kier molecular flexibility index (Phi) is 7.38. The lowest BCUT2D eigenvalue weighted by Crippen LogP contribution is -2.17. The zero-order valence-electron chi connectivity index (χ0n) is 14.8. The molecule has 0 fully saturated rings. The number of nitrogens with one attached hydrogen (secondary N) is 1. The molecule has 1 amide bonds. The molecule has 2 aromatic rings. The molecule has 5 nitrogen and oxygen atoms in total. The number of carbonyl (C=O) groups is 1. The third kappa shape index (κ3) is 5.69. The van der Waals surface area contributed by atoms with Crippen molar-refractivity contribution in [1.82, 2.24) is 5.43 Å². The summed E-state index contributed by atoms with van der Waals surface area (Å²) in [5, 5.41) is 3.96. The van der Waals surface area contributed by atoms with Crippen molar-refractivity contribution in [3.8, 4) is 11.5 Å². The molecule has 0 spiro atoms. The molecule has 0 saturated heterocycles. The molecule has 0 aliphatic carbocycles. The molecule has 0 unspecified atom stereocenters. The summed E-state index contributed by atoms with van der Waals surface area (Å²) in [6, 6.07) is 8.93. The number of hydrogen-bond acceptors (Lipinski definition) is 4. The molecule has 2 rings (SSSR count). The minimum absolute atomic E-state index is 0.0252. The first-order chi connectivity index (χ1) is 12.4. The van der Waals surface area contributed by atoms with Crippen LogP contribution in [0.2, 0.25) is 0 Å². The molecule has 0 aromatic heterocycles. The number of nitrogens with zero attached hydrogens (tertiary/aromatic N) is 1. The summed E-state index contributed by atoms with van der Waals surface area (Å²) in [6.07, 6.45) is 1.54. The molecule has 0 saturated carbocycles. The van der Waals surface area contributed by atoms with Gasteiger partial charge in [0, 0.05) is 5.56 Å². The van der Waals surface area contributed by atoms with Crippen molar-refractivity contribution in [2.24, 2.45) is 5.10 Å². The number of hydrazone groups is 1. The summed E-state index contributed by atoms with van der Waals surface area (Å²) in [5.74, 6) is 0.502. The minimum Gasteiger partial charge on any atom is -0.490 e. The van der Waals surface area contributed by atoms with Crippen molar-refractivity contribution in [1.29, 1.82) is 0 Å². The van der Waals surface area contributed by atoms with E-state index in [1.807, 2.05) is 26.8 Å². The van der Waals surface area contributed by atoms with Crippen LogP contribution in [0.15, 0.2) is 41.5 Å². The second kappa shape index (κ2) is 9.51. The summed E-state index contributed by atoms with van der Waals surface area (Å²) in [7, 11) is 0. The summed E-state index contributed by atoms with van der Waals surface area (Å²) >= 11 is 2.17. The molecule has 2 aromatic carbocycles. The van der Waals surface area contributed by atoms with Crippen LogP contribution in [-0.4, -0.2) is 24.8 Å². The molecule has 138 valence electrons. The van der Waals surface area contributed by atoms with E-state index in [2.05, 4.69) is 33.1 Å². The number of benzene rings is 2. The van der Waals surface area contributed by atoms with E-state index >= 15 is 0 Å². The first-order valence-corrected chi connectivity index (χ1v) is 9.20. The van der Waals surface area contributed by atoms with Gasteiger partial charge in [-0.15, -0.1) is 0 Å². The van der Waals surface area contributed by atoms with Crippen LogP contribution >= 0.6 is 22.6 Å². The van der Waals surface area contributed by atoms with Crippen molar-refractivity contribution >= 4 is 34.7 Å². The van der Waals surface area contributed by atoms with Gasteiger partial charge in [-0.3, -0.25) is 4.79 Å². The fourth-order valence-electron chi connectivity index (χ4n) is 2.11. The van der Waals surface area contributed by atoms with Gasteiger partial charge in [-0.1, -0.05) is 0 Å². The van der Waals surface area contributed by atoms with Gasteiger partial charge >= 0.3 is 0 Å². The number of halogens is 2.